The number of nitrogens with two attached hydrogens (primary N) is 1. The van der Waals surface area contributed by atoms with E-state index in [2.05, 4.69) is 6.92 Å². The fraction of sp³-hybridized carbons (Fsp3) is 0.500. The van der Waals surface area contributed by atoms with Crippen LogP contribution in [0.2, 0.25) is 0 Å². The number of amides is 1. The lowest BCUT2D eigenvalue weighted by Gasteiger charge is -2.35. The van der Waals surface area contributed by atoms with Gasteiger partial charge < -0.3 is 10.6 Å². The fourth-order valence-corrected chi connectivity index (χ4v) is 2.39. The molecule has 6 nitrogen and oxygen atoms in total. The minimum absolute atomic E-state index is 0.0119. The van der Waals surface area contributed by atoms with Crippen molar-refractivity contribution in [1.82, 2.24) is 4.90 Å². The normalized spacial score (nSPS) is 22.6. The Hall–Kier alpha value is -1.95. The third-order valence-electron chi connectivity index (χ3n) is 3.85. The second kappa shape index (κ2) is 6.00. The van der Waals surface area contributed by atoms with Crippen molar-refractivity contribution in [3.63, 3.8) is 0 Å². The van der Waals surface area contributed by atoms with Crippen molar-refractivity contribution in [1.29, 1.82) is 0 Å². The molecule has 0 spiro atoms. The summed E-state index contributed by atoms with van der Waals surface area (Å²) in [6.07, 6.45) is 1.09. The molecule has 2 rings (SSSR count). The lowest BCUT2D eigenvalue weighted by molar-refractivity contribution is -0.384. The van der Waals surface area contributed by atoms with Crippen LogP contribution in [0.4, 0.5) is 5.69 Å². The molecule has 6 heteroatoms. The number of likely N-dealkylation sites (tertiary alicyclic amines) is 1. The predicted molar refractivity (Wildman–Crippen MR) is 75.1 cm³/mol. The van der Waals surface area contributed by atoms with E-state index >= 15 is 0 Å². The van der Waals surface area contributed by atoms with Gasteiger partial charge in [-0.3, -0.25) is 14.9 Å². The lowest BCUT2D eigenvalue weighted by atomic mass is 9.94. The van der Waals surface area contributed by atoms with Crippen molar-refractivity contribution < 1.29 is 9.72 Å². The van der Waals surface area contributed by atoms with Crippen LogP contribution in [0, 0.1) is 16.0 Å². The summed E-state index contributed by atoms with van der Waals surface area (Å²) in [6.45, 7) is 3.37. The second-order valence-corrected chi connectivity index (χ2v) is 5.37. The molecule has 1 aromatic carbocycles. The van der Waals surface area contributed by atoms with Crippen molar-refractivity contribution in [3.8, 4) is 0 Å². The van der Waals surface area contributed by atoms with Gasteiger partial charge in [0.1, 0.15) is 0 Å². The summed E-state index contributed by atoms with van der Waals surface area (Å²) < 4.78 is 0. The highest BCUT2D eigenvalue weighted by molar-refractivity contribution is 5.79. The number of nitrogens with zero attached hydrogens (tertiary/aromatic N) is 2. The van der Waals surface area contributed by atoms with Gasteiger partial charge in [-0.1, -0.05) is 19.1 Å². The summed E-state index contributed by atoms with van der Waals surface area (Å²) in [7, 11) is 0. The molecule has 20 heavy (non-hydrogen) atoms. The maximum absolute atomic E-state index is 12.2. The largest absolute Gasteiger partial charge is 0.341 e. The highest BCUT2D eigenvalue weighted by Crippen LogP contribution is 2.18. The molecule has 0 aromatic heterocycles. The number of hydrogen-bond acceptors (Lipinski definition) is 4. The van der Waals surface area contributed by atoms with Gasteiger partial charge in [-0.15, -0.1) is 0 Å². The molecule has 108 valence electrons. The Kier molecular flexibility index (Phi) is 4.34. The van der Waals surface area contributed by atoms with Crippen LogP contribution in [0.15, 0.2) is 24.3 Å². The Morgan fingerprint density at radius 3 is 2.95 bits per heavy atom. The Bertz CT molecular complexity index is 518. The zero-order valence-electron chi connectivity index (χ0n) is 11.5. The molecule has 1 amide bonds. The molecule has 2 atom stereocenters. The van der Waals surface area contributed by atoms with E-state index in [1.165, 1.54) is 12.1 Å². The quantitative estimate of drug-likeness (QED) is 0.666. The maximum atomic E-state index is 12.2. The number of carbonyl (C=O) groups is 1. The Morgan fingerprint density at radius 2 is 2.30 bits per heavy atom. The summed E-state index contributed by atoms with van der Waals surface area (Å²) >= 11 is 0. The minimum Gasteiger partial charge on any atom is -0.341 e. The average Bonchev–Trinajstić information content (AvgIpc) is 2.42. The zero-order chi connectivity index (χ0) is 14.7. The van der Waals surface area contributed by atoms with Crippen molar-refractivity contribution in [2.24, 2.45) is 11.7 Å². The van der Waals surface area contributed by atoms with Gasteiger partial charge in [0.05, 0.1) is 11.3 Å². The number of non-ortho nitro benzene ring substituents is 1. The van der Waals surface area contributed by atoms with Crippen LogP contribution in [0.5, 0.6) is 0 Å². The van der Waals surface area contributed by atoms with Gasteiger partial charge in [-0.2, -0.15) is 0 Å². The highest BCUT2D eigenvalue weighted by atomic mass is 16.6. The highest BCUT2D eigenvalue weighted by Gasteiger charge is 2.26. The van der Waals surface area contributed by atoms with Crippen molar-refractivity contribution in [2.75, 3.05) is 13.1 Å². The summed E-state index contributed by atoms with van der Waals surface area (Å²) in [4.78, 5) is 24.2. The van der Waals surface area contributed by atoms with E-state index in [9.17, 15) is 14.9 Å². The van der Waals surface area contributed by atoms with E-state index in [-0.39, 0.29) is 24.1 Å². The first-order valence-electron chi connectivity index (χ1n) is 6.74. The van der Waals surface area contributed by atoms with Crippen LogP contribution in [0.3, 0.4) is 0 Å². The molecule has 1 aromatic rings. The van der Waals surface area contributed by atoms with Gasteiger partial charge in [0.25, 0.3) is 5.69 Å². The molecule has 1 fully saturated rings. The van der Waals surface area contributed by atoms with Crippen LogP contribution in [0.1, 0.15) is 18.9 Å². The molecule has 1 heterocycles. The first-order chi connectivity index (χ1) is 9.47. The molecule has 1 aliphatic rings. The molecule has 0 radical (unpaired) electrons. The number of carbonyl (C=O) groups excluding carboxylic acids is 1. The number of rotatable bonds is 3. The second-order valence-electron chi connectivity index (χ2n) is 5.37. The first kappa shape index (κ1) is 14.5. The molecule has 0 aliphatic carbocycles. The van der Waals surface area contributed by atoms with Crippen molar-refractivity contribution in [2.45, 2.75) is 25.8 Å². The number of benzene rings is 1. The van der Waals surface area contributed by atoms with E-state index in [1.807, 2.05) is 0 Å². The Balaban J connectivity index is 2.01. The van der Waals surface area contributed by atoms with Crippen LogP contribution in [0.25, 0.3) is 0 Å². The van der Waals surface area contributed by atoms with E-state index in [4.69, 9.17) is 5.73 Å². The van der Waals surface area contributed by atoms with Crippen LogP contribution in [-0.2, 0) is 11.2 Å². The zero-order valence-corrected chi connectivity index (χ0v) is 11.5. The van der Waals surface area contributed by atoms with Gasteiger partial charge in [0, 0.05) is 31.3 Å². The van der Waals surface area contributed by atoms with Gasteiger partial charge in [-0.25, -0.2) is 0 Å². The number of nitro benzene ring substituents is 1. The maximum Gasteiger partial charge on any atom is 0.269 e. The number of nitro groups is 1. The third kappa shape index (κ3) is 3.33. The van der Waals surface area contributed by atoms with Gasteiger partial charge in [0.15, 0.2) is 0 Å². The SMILES string of the molecule is CC1CCN(C(=O)Cc2cccc([N+](=O)[O-])c2)CC1N. The number of piperidine rings is 1. The Morgan fingerprint density at radius 1 is 1.55 bits per heavy atom. The van der Waals surface area contributed by atoms with Gasteiger partial charge in [-0.05, 0) is 17.9 Å². The van der Waals surface area contributed by atoms with Crippen molar-refractivity contribution >= 4 is 11.6 Å². The summed E-state index contributed by atoms with van der Waals surface area (Å²) in [5.74, 6) is 0.407. The van der Waals surface area contributed by atoms with E-state index < -0.39 is 4.92 Å². The van der Waals surface area contributed by atoms with Gasteiger partial charge >= 0.3 is 0 Å². The van der Waals surface area contributed by atoms with E-state index in [1.54, 1.807) is 17.0 Å². The number of hydrogen-bond donors (Lipinski definition) is 1. The molecule has 1 aliphatic heterocycles. The molecular weight excluding hydrogens is 258 g/mol. The molecule has 0 saturated carbocycles. The predicted octanol–water partition coefficient (Wildman–Crippen LogP) is 1.33. The topological polar surface area (TPSA) is 89.5 Å². The first-order valence-corrected chi connectivity index (χ1v) is 6.74. The molecule has 1 saturated heterocycles. The smallest absolute Gasteiger partial charge is 0.269 e. The molecule has 0 bridgehead atoms. The standard InChI is InChI=1S/C14H19N3O3/c1-10-5-6-16(9-13(10)15)14(18)8-11-3-2-4-12(7-11)17(19)20/h2-4,7,10,13H,5-6,8-9,15H2,1H3. The summed E-state index contributed by atoms with van der Waals surface area (Å²) in [6, 6.07) is 6.22. The monoisotopic (exact) mass is 277 g/mol. The lowest BCUT2D eigenvalue weighted by Crippen LogP contribution is -2.50. The Labute approximate surface area is 117 Å². The van der Waals surface area contributed by atoms with Gasteiger partial charge in [0.2, 0.25) is 5.91 Å². The van der Waals surface area contributed by atoms with Crippen LogP contribution < -0.4 is 5.73 Å². The van der Waals surface area contributed by atoms with E-state index in [0.29, 0.717) is 24.6 Å². The third-order valence-corrected chi connectivity index (χ3v) is 3.85. The van der Waals surface area contributed by atoms with Crippen LogP contribution in [-0.4, -0.2) is 34.9 Å². The molecule has 2 N–H and O–H groups in total. The molecule has 2 unspecified atom stereocenters. The minimum atomic E-state index is -0.452. The average molecular weight is 277 g/mol. The molecular formula is C14H19N3O3. The van der Waals surface area contributed by atoms with E-state index in [0.717, 1.165) is 6.42 Å². The van der Waals surface area contributed by atoms with Crippen LogP contribution >= 0.6 is 0 Å². The summed E-state index contributed by atoms with van der Waals surface area (Å²) in [5, 5.41) is 10.7. The fourth-order valence-electron chi connectivity index (χ4n) is 2.39. The van der Waals surface area contributed by atoms with Crippen molar-refractivity contribution in [3.05, 3.63) is 39.9 Å². The summed E-state index contributed by atoms with van der Waals surface area (Å²) in [5.41, 5.74) is 6.66.